The highest BCUT2D eigenvalue weighted by molar-refractivity contribution is 6.31. The molecule has 21 heavy (non-hydrogen) atoms. The Morgan fingerprint density at radius 3 is 2.43 bits per heavy atom. The topological polar surface area (TPSA) is 38.0 Å². The Labute approximate surface area is 128 Å². The van der Waals surface area contributed by atoms with Crippen LogP contribution in [0.4, 0.5) is 0 Å². The summed E-state index contributed by atoms with van der Waals surface area (Å²) in [5, 5.41) is 14.5. The molecule has 0 saturated heterocycles. The Kier molecular flexibility index (Phi) is 4.04. The van der Waals surface area contributed by atoms with Crippen molar-refractivity contribution < 1.29 is 5.11 Å². The van der Waals surface area contributed by atoms with Crippen LogP contribution in [-0.4, -0.2) is 14.9 Å². The maximum Gasteiger partial charge on any atom is 0.0885 e. The van der Waals surface area contributed by atoms with Gasteiger partial charge in [-0.3, -0.25) is 4.68 Å². The zero-order valence-electron chi connectivity index (χ0n) is 11.4. The molecular weight excluding hydrogens is 284 g/mol. The van der Waals surface area contributed by atoms with Crippen LogP contribution in [0.5, 0.6) is 0 Å². The van der Waals surface area contributed by atoms with Gasteiger partial charge in [-0.25, -0.2) is 0 Å². The molecule has 1 aromatic heterocycles. The van der Waals surface area contributed by atoms with Crippen molar-refractivity contribution in [1.29, 1.82) is 0 Å². The van der Waals surface area contributed by atoms with Crippen molar-refractivity contribution in [1.82, 2.24) is 9.78 Å². The molecule has 0 aliphatic carbocycles. The fraction of sp³-hybridized carbons (Fsp3) is 0.118. The van der Waals surface area contributed by atoms with Gasteiger partial charge in [0, 0.05) is 5.02 Å². The average molecular weight is 299 g/mol. The van der Waals surface area contributed by atoms with Crippen LogP contribution in [0.3, 0.4) is 0 Å². The fourth-order valence-electron chi connectivity index (χ4n) is 2.30. The normalized spacial score (nSPS) is 10.8. The number of aliphatic hydroxyl groups is 1. The Hall–Kier alpha value is -2.10. The molecule has 0 amide bonds. The predicted octanol–water partition coefficient (Wildman–Crippen LogP) is 3.74. The number of hydrogen-bond donors (Lipinski definition) is 1. The van der Waals surface area contributed by atoms with Gasteiger partial charge in [0.1, 0.15) is 0 Å². The van der Waals surface area contributed by atoms with Gasteiger partial charge in [0.25, 0.3) is 0 Å². The summed E-state index contributed by atoms with van der Waals surface area (Å²) in [6.45, 7) is 0.499. The summed E-state index contributed by atoms with van der Waals surface area (Å²) >= 11 is 6.22. The maximum absolute atomic E-state index is 9.34. The molecule has 3 rings (SSSR count). The summed E-state index contributed by atoms with van der Waals surface area (Å²) in [6.07, 6.45) is 0. The maximum atomic E-state index is 9.34. The van der Waals surface area contributed by atoms with E-state index < -0.39 is 0 Å². The van der Waals surface area contributed by atoms with Gasteiger partial charge in [0.05, 0.1) is 24.5 Å². The van der Waals surface area contributed by atoms with Gasteiger partial charge in [-0.1, -0.05) is 60.1 Å². The lowest BCUT2D eigenvalue weighted by Gasteiger charge is -2.09. The first kappa shape index (κ1) is 13.9. The van der Waals surface area contributed by atoms with Crippen LogP contribution < -0.4 is 0 Å². The van der Waals surface area contributed by atoms with Crippen LogP contribution in [0.1, 0.15) is 11.3 Å². The largest absolute Gasteiger partial charge is 0.390 e. The third kappa shape index (κ3) is 2.99. The molecule has 0 saturated carbocycles. The van der Waals surface area contributed by atoms with Crippen LogP contribution in [0.15, 0.2) is 60.7 Å². The molecule has 3 nitrogen and oxygen atoms in total. The van der Waals surface area contributed by atoms with Crippen LogP contribution >= 0.6 is 11.6 Å². The molecule has 106 valence electrons. The third-order valence-corrected chi connectivity index (χ3v) is 3.71. The van der Waals surface area contributed by atoms with Gasteiger partial charge in [-0.15, -0.1) is 0 Å². The molecule has 3 aromatic rings. The van der Waals surface area contributed by atoms with E-state index in [2.05, 4.69) is 5.10 Å². The molecule has 0 radical (unpaired) electrons. The first-order valence-corrected chi connectivity index (χ1v) is 7.12. The molecule has 0 unspecified atom stereocenters. The molecule has 0 aliphatic rings. The van der Waals surface area contributed by atoms with E-state index in [9.17, 15) is 5.11 Å². The molecular formula is C17H15ClN2O. The van der Waals surface area contributed by atoms with Crippen molar-refractivity contribution >= 4 is 11.6 Å². The van der Waals surface area contributed by atoms with E-state index in [-0.39, 0.29) is 6.61 Å². The van der Waals surface area contributed by atoms with E-state index in [1.165, 1.54) is 0 Å². The van der Waals surface area contributed by atoms with Crippen molar-refractivity contribution in [2.24, 2.45) is 0 Å². The van der Waals surface area contributed by atoms with Crippen LogP contribution in [0.25, 0.3) is 11.3 Å². The lowest BCUT2D eigenvalue weighted by Crippen LogP contribution is -2.04. The van der Waals surface area contributed by atoms with Gasteiger partial charge in [-0.2, -0.15) is 5.10 Å². The van der Waals surface area contributed by atoms with Gasteiger partial charge >= 0.3 is 0 Å². The minimum absolute atomic E-state index is 0.0741. The molecule has 2 aromatic carbocycles. The van der Waals surface area contributed by atoms with Crippen molar-refractivity contribution in [3.05, 3.63) is 76.9 Å². The number of rotatable bonds is 4. The van der Waals surface area contributed by atoms with E-state index in [0.29, 0.717) is 12.2 Å². The fourth-order valence-corrected chi connectivity index (χ4v) is 2.49. The summed E-state index contributed by atoms with van der Waals surface area (Å²) < 4.78 is 1.88. The summed E-state index contributed by atoms with van der Waals surface area (Å²) in [5.74, 6) is 0. The third-order valence-electron chi connectivity index (χ3n) is 3.34. The molecule has 0 spiro atoms. The minimum Gasteiger partial charge on any atom is -0.390 e. The lowest BCUT2D eigenvalue weighted by molar-refractivity contribution is 0.275. The SMILES string of the molecule is OCc1cc(-c2ccccc2)n(Cc2ccccc2Cl)n1. The first-order chi connectivity index (χ1) is 10.3. The van der Waals surface area contributed by atoms with Gasteiger partial charge < -0.3 is 5.11 Å². The number of hydrogen-bond acceptors (Lipinski definition) is 2. The van der Waals surface area contributed by atoms with Gasteiger partial charge in [-0.05, 0) is 23.3 Å². The second kappa shape index (κ2) is 6.12. The number of aromatic nitrogens is 2. The zero-order chi connectivity index (χ0) is 14.7. The van der Waals surface area contributed by atoms with Gasteiger partial charge in [0.15, 0.2) is 0 Å². The predicted molar refractivity (Wildman–Crippen MR) is 84.1 cm³/mol. The molecule has 0 bridgehead atoms. The van der Waals surface area contributed by atoms with Gasteiger partial charge in [0.2, 0.25) is 0 Å². The smallest absolute Gasteiger partial charge is 0.0885 e. The standard InChI is InChI=1S/C17H15ClN2O/c18-16-9-5-4-8-14(16)11-20-17(10-15(12-21)19-20)13-6-2-1-3-7-13/h1-10,21H,11-12H2. The van der Waals surface area contributed by atoms with Crippen molar-refractivity contribution in [2.45, 2.75) is 13.2 Å². The zero-order valence-corrected chi connectivity index (χ0v) is 12.2. The van der Waals surface area contributed by atoms with Crippen molar-refractivity contribution in [3.63, 3.8) is 0 Å². The molecule has 0 atom stereocenters. The molecule has 0 aliphatic heterocycles. The number of aliphatic hydroxyl groups excluding tert-OH is 1. The van der Waals surface area contributed by atoms with E-state index in [0.717, 1.165) is 21.8 Å². The van der Waals surface area contributed by atoms with Crippen LogP contribution in [0, 0.1) is 0 Å². The monoisotopic (exact) mass is 298 g/mol. The number of benzene rings is 2. The highest BCUT2D eigenvalue weighted by atomic mass is 35.5. The first-order valence-electron chi connectivity index (χ1n) is 6.74. The Bertz CT molecular complexity index is 738. The highest BCUT2D eigenvalue weighted by Crippen LogP contribution is 2.23. The summed E-state index contributed by atoms with van der Waals surface area (Å²) in [6, 6.07) is 19.6. The van der Waals surface area contributed by atoms with E-state index in [1.807, 2.05) is 65.3 Å². The average Bonchev–Trinajstić information content (AvgIpc) is 2.93. The highest BCUT2D eigenvalue weighted by Gasteiger charge is 2.11. The Morgan fingerprint density at radius 2 is 1.71 bits per heavy atom. The lowest BCUT2D eigenvalue weighted by atomic mass is 10.1. The van der Waals surface area contributed by atoms with Crippen LogP contribution in [-0.2, 0) is 13.2 Å². The molecule has 1 N–H and O–H groups in total. The minimum atomic E-state index is -0.0741. The number of nitrogens with zero attached hydrogens (tertiary/aromatic N) is 2. The van der Waals surface area contributed by atoms with Crippen molar-refractivity contribution in [2.75, 3.05) is 0 Å². The summed E-state index contributed by atoms with van der Waals surface area (Å²) in [4.78, 5) is 0. The summed E-state index contributed by atoms with van der Waals surface area (Å²) in [7, 11) is 0. The Balaban J connectivity index is 2.02. The quantitative estimate of drug-likeness (QED) is 0.797. The summed E-state index contributed by atoms with van der Waals surface area (Å²) in [5.41, 5.74) is 3.70. The second-order valence-electron chi connectivity index (χ2n) is 4.79. The van der Waals surface area contributed by atoms with Crippen molar-refractivity contribution in [3.8, 4) is 11.3 Å². The number of halogens is 1. The Morgan fingerprint density at radius 1 is 1.00 bits per heavy atom. The van der Waals surface area contributed by atoms with E-state index in [1.54, 1.807) is 0 Å². The molecule has 0 fully saturated rings. The second-order valence-corrected chi connectivity index (χ2v) is 5.20. The molecule has 1 heterocycles. The van der Waals surface area contributed by atoms with E-state index >= 15 is 0 Å². The van der Waals surface area contributed by atoms with Crippen LogP contribution in [0.2, 0.25) is 5.02 Å². The molecule has 4 heteroatoms. The van der Waals surface area contributed by atoms with E-state index in [4.69, 9.17) is 11.6 Å².